The first kappa shape index (κ1) is 25.8. The minimum atomic E-state index is -0.906. The summed E-state index contributed by atoms with van der Waals surface area (Å²) in [5.74, 6) is 1.30. The Bertz CT molecular complexity index is 1660. The van der Waals surface area contributed by atoms with Gasteiger partial charge in [-0.2, -0.15) is 0 Å². The Morgan fingerprint density at radius 2 is 1.85 bits per heavy atom. The number of carboxylic acids is 1. The van der Waals surface area contributed by atoms with E-state index in [9.17, 15) is 9.90 Å². The zero-order valence-corrected chi connectivity index (χ0v) is 23.4. The predicted octanol–water partition coefficient (Wildman–Crippen LogP) is 6.85. The van der Waals surface area contributed by atoms with Crippen molar-refractivity contribution < 1.29 is 19.4 Å². The van der Waals surface area contributed by atoms with E-state index >= 15 is 0 Å². The van der Waals surface area contributed by atoms with Crippen LogP contribution in [0.3, 0.4) is 0 Å². The number of morpholine rings is 1. The van der Waals surface area contributed by atoms with Crippen molar-refractivity contribution in [3.8, 4) is 17.0 Å². The summed E-state index contributed by atoms with van der Waals surface area (Å²) < 4.78 is 13.6. The number of carbonyl (C=O) groups is 1. The summed E-state index contributed by atoms with van der Waals surface area (Å²) in [7, 11) is 1.70. The van der Waals surface area contributed by atoms with Crippen LogP contribution in [-0.4, -0.2) is 54.0 Å². The van der Waals surface area contributed by atoms with E-state index < -0.39 is 5.97 Å². The Morgan fingerprint density at radius 1 is 1.02 bits per heavy atom. The van der Waals surface area contributed by atoms with Crippen LogP contribution in [0.25, 0.3) is 33.8 Å². The minimum absolute atomic E-state index is 0.310. The molecule has 1 saturated carbocycles. The van der Waals surface area contributed by atoms with Crippen molar-refractivity contribution in [3.05, 3.63) is 77.0 Å². The van der Waals surface area contributed by atoms with Gasteiger partial charge >= 0.3 is 5.97 Å². The second kappa shape index (κ2) is 10.7. The maximum Gasteiger partial charge on any atom is 0.335 e. The van der Waals surface area contributed by atoms with Gasteiger partial charge in [0, 0.05) is 29.6 Å². The highest BCUT2D eigenvalue weighted by molar-refractivity contribution is 6.01. The number of hydrogen-bond acceptors (Lipinski definition) is 5. The van der Waals surface area contributed by atoms with Crippen LogP contribution < -0.4 is 9.64 Å². The van der Waals surface area contributed by atoms with E-state index in [0.29, 0.717) is 31.2 Å². The Balaban J connectivity index is 1.46. The lowest BCUT2D eigenvalue weighted by Gasteiger charge is -2.28. The molecule has 1 aliphatic carbocycles. The average molecular weight is 550 g/mol. The molecule has 2 aliphatic heterocycles. The number of carboxylic acid groups (broad SMARTS) is 1. The number of anilines is 1. The van der Waals surface area contributed by atoms with Crippen LogP contribution in [0.4, 0.5) is 5.82 Å². The van der Waals surface area contributed by atoms with Gasteiger partial charge in [-0.15, -0.1) is 0 Å². The van der Waals surface area contributed by atoms with Crippen LogP contribution in [0.5, 0.6) is 5.75 Å². The summed E-state index contributed by atoms with van der Waals surface area (Å²) in [5.41, 5.74) is 8.08. The number of hydrogen-bond donors (Lipinski definition) is 1. The van der Waals surface area contributed by atoms with Crippen molar-refractivity contribution in [2.45, 2.75) is 44.6 Å². The van der Waals surface area contributed by atoms with E-state index in [1.54, 1.807) is 13.2 Å². The van der Waals surface area contributed by atoms with Gasteiger partial charge in [-0.05, 0) is 84.0 Å². The molecular formula is C34H35N3O4. The standard InChI is InChI=1S/C34H35N3O4/c1-40-26-11-13-27-24(19-26)18-25(29-8-5-9-31(35-29)36-14-16-41-17-15-36)21-37-30-20-23(34(38)39)10-12-28(30)32(33(27)37)22-6-3-2-4-7-22/h5,8-13,18-20,22H,2-4,6-7,14-17,21H2,1H3,(H,38,39). The van der Waals surface area contributed by atoms with E-state index in [0.717, 1.165) is 70.8 Å². The Hall–Kier alpha value is -4.10. The molecule has 0 atom stereocenters. The number of methoxy groups -OCH3 is 1. The number of benzene rings is 2. The molecule has 7 rings (SSSR count). The normalized spacial score (nSPS) is 17.5. The van der Waals surface area contributed by atoms with Crippen LogP contribution >= 0.6 is 0 Å². The van der Waals surface area contributed by atoms with E-state index in [1.807, 2.05) is 18.2 Å². The molecule has 41 heavy (non-hydrogen) atoms. The summed E-state index contributed by atoms with van der Waals surface area (Å²) in [5, 5.41) is 11.1. The molecule has 0 spiro atoms. The molecule has 1 N–H and O–H groups in total. The average Bonchev–Trinajstić information content (AvgIpc) is 3.24. The van der Waals surface area contributed by atoms with Crippen LogP contribution in [0.15, 0.2) is 54.6 Å². The summed E-state index contributed by atoms with van der Waals surface area (Å²) >= 11 is 0. The molecule has 210 valence electrons. The lowest BCUT2D eigenvalue weighted by Crippen LogP contribution is -2.36. The molecule has 3 aliphatic rings. The third kappa shape index (κ3) is 4.68. The topological polar surface area (TPSA) is 76.8 Å². The molecule has 0 amide bonds. The highest BCUT2D eigenvalue weighted by Gasteiger charge is 2.30. The Kier molecular flexibility index (Phi) is 6.75. The summed E-state index contributed by atoms with van der Waals surface area (Å²) in [6.45, 7) is 3.65. The summed E-state index contributed by atoms with van der Waals surface area (Å²) in [4.78, 5) is 19.5. The maximum absolute atomic E-state index is 12.1. The largest absolute Gasteiger partial charge is 0.497 e. The van der Waals surface area contributed by atoms with Crippen molar-refractivity contribution in [3.63, 3.8) is 0 Å². The predicted molar refractivity (Wildman–Crippen MR) is 162 cm³/mol. The molecular weight excluding hydrogens is 514 g/mol. The number of nitrogens with zero attached hydrogens (tertiary/aromatic N) is 3. The molecule has 7 nitrogen and oxygen atoms in total. The van der Waals surface area contributed by atoms with Gasteiger partial charge < -0.3 is 24.0 Å². The highest BCUT2D eigenvalue weighted by Crippen LogP contribution is 2.47. The SMILES string of the molecule is COc1ccc2c(c1)C=C(c1cccc(N3CCOCC3)n1)Cn1c-2c(C2CCCCC2)c2ccc(C(=O)O)cc21. The first-order valence-electron chi connectivity index (χ1n) is 14.7. The third-order valence-electron chi connectivity index (χ3n) is 8.93. The van der Waals surface area contributed by atoms with Gasteiger partial charge in [-0.25, -0.2) is 9.78 Å². The van der Waals surface area contributed by atoms with Crippen LogP contribution in [0.1, 0.15) is 65.2 Å². The maximum atomic E-state index is 12.1. The molecule has 0 bridgehead atoms. The van der Waals surface area contributed by atoms with Gasteiger partial charge in [0.2, 0.25) is 0 Å². The Labute approximate surface area is 240 Å². The van der Waals surface area contributed by atoms with Crippen LogP contribution in [0, 0.1) is 0 Å². The number of allylic oxidation sites excluding steroid dienone is 1. The van der Waals surface area contributed by atoms with Crippen molar-refractivity contribution in [1.82, 2.24) is 9.55 Å². The molecule has 4 aromatic rings. The fraction of sp³-hybridized carbons (Fsp3) is 0.353. The first-order valence-corrected chi connectivity index (χ1v) is 14.7. The van der Waals surface area contributed by atoms with Crippen molar-refractivity contribution in [1.29, 1.82) is 0 Å². The fourth-order valence-electron chi connectivity index (χ4n) is 6.90. The van der Waals surface area contributed by atoms with Gasteiger partial charge in [0.25, 0.3) is 0 Å². The highest BCUT2D eigenvalue weighted by atomic mass is 16.5. The monoisotopic (exact) mass is 549 g/mol. The van der Waals surface area contributed by atoms with Gasteiger partial charge in [0.1, 0.15) is 11.6 Å². The summed E-state index contributed by atoms with van der Waals surface area (Å²) in [6.07, 6.45) is 8.28. The van der Waals surface area contributed by atoms with Crippen LogP contribution in [0.2, 0.25) is 0 Å². The molecule has 0 radical (unpaired) electrons. The lowest BCUT2D eigenvalue weighted by molar-refractivity contribution is 0.0697. The first-order chi connectivity index (χ1) is 20.1. The molecule has 2 aromatic heterocycles. The van der Waals surface area contributed by atoms with Gasteiger partial charge in [0.15, 0.2) is 0 Å². The zero-order valence-electron chi connectivity index (χ0n) is 23.4. The number of rotatable bonds is 5. The van der Waals surface area contributed by atoms with Gasteiger partial charge in [0.05, 0.1) is 43.8 Å². The number of aromatic nitrogens is 2. The minimum Gasteiger partial charge on any atom is -0.497 e. The lowest BCUT2D eigenvalue weighted by atomic mass is 9.81. The van der Waals surface area contributed by atoms with Crippen molar-refractivity contribution in [2.24, 2.45) is 0 Å². The van der Waals surface area contributed by atoms with E-state index in [1.165, 1.54) is 30.5 Å². The third-order valence-corrected chi connectivity index (χ3v) is 8.93. The van der Waals surface area contributed by atoms with E-state index in [2.05, 4.69) is 45.9 Å². The second-order valence-corrected chi connectivity index (χ2v) is 11.3. The fourth-order valence-corrected chi connectivity index (χ4v) is 6.90. The smallest absolute Gasteiger partial charge is 0.335 e. The van der Waals surface area contributed by atoms with Gasteiger partial charge in [-0.1, -0.05) is 31.4 Å². The van der Waals surface area contributed by atoms with E-state index in [-0.39, 0.29) is 0 Å². The van der Waals surface area contributed by atoms with Gasteiger partial charge in [-0.3, -0.25) is 0 Å². The van der Waals surface area contributed by atoms with E-state index in [4.69, 9.17) is 14.5 Å². The van der Waals surface area contributed by atoms with Crippen molar-refractivity contribution in [2.75, 3.05) is 38.3 Å². The van der Waals surface area contributed by atoms with Crippen molar-refractivity contribution >= 4 is 34.3 Å². The molecule has 7 heteroatoms. The molecule has 2 fully saturated rings. The Morgan fingerprint density at radius 3 is 2.63 bits per heavy atom. The number of ether oxygens (including phenoxy) is 2. The molecule has 0 unspecified atom stereocenters. The zero-order chi connectivity index (χ0) is 27.9. The number of fused-ring (bicyclic) bond motifs is 5. The summed E-state index contributed by atoms with van der Waals surface area (Å²) in [6, 6.07) is 18.2. The van der Waals surface area contributed by atoms with Crippen LogP contribution in [-0.2, 0) is 11.3 Å². The second-order valence-electron chi connectivity index (χ2n) is 11.3. The molecule has 1 saturated heterocycles. The molecule has 2 aromatic carbocycles. The number of aromatic carboxylic acids is 1. The quantitative estimate of drug-likeness (QED) is 0.293. The molecule has 4 heterocycles. The number of pyridine rings is 1.